The monoisotopic (exact) mass is 564 g/mol. The van der Waals surface area contributed by atoms with Crippen LogP contribution in [-0.4, -0.2) is 61.9 Å². The molecule has 3 saturated heterocycles. The van der Waals surface area contributed by atoms with E-state index in [4.69, 9.17) is 14.2 Å². The zero-order valence-electron chi connectivity index (χ0n) is 23.7. The molecule has 0 radical (unpaired) electrons. The van der Waals surface area contributed by atoms with Gasteiger partial charge in [0.2, 0.25) is 0 Å². The Balaban J connectivity index is 1.62. The molecule has 3 nitrogen and oxygen atoms in total. The smallest absolute Gasteiger partial charge is 0.138 e. The van der Waals surface area contributed by atoms with Crippen LogP contribution in [0.25, 0.3) is 0 Å². The summed E-state index contributed by atoms with van der Waals surface area (Å²) >= 11 is 0. The summed E-state index contributed by atoms with van der Waals surface area (Å²) in [5.41, 5.74) is 2.39. The van der Waals surface area contributed by atoms with E-state index in [0.717, 1.165) is 38.7 Å². The number of hydrogen-bond donors (Lipinski definition) is 0. The van der Waals surface area contributed by atoms with Crippen molar-refractivity contribution in [1.29, 1.82) is 0 Å². The average molecular weight is 565 g/mol. The van der Waals surface area contributed by atoms with E-state index < -0.39 is 26.4 Å². The predicted octanol–water partition coefficient (Wildman–Crippen LogP) is 4.90. The topological polar surface area (TPSA) is 27.7 Å². The van der Waals surface area contributed by atoms with E-state index in [1.54, 1.807) is 0 Å². The van der Waals surface area contributed by atoms with Gasteiger partial charge >= 0.3 is 0 Å². The molecule has 0 spiro atoms. The lowest BCUT2D eigenvalue weighted by Gasteiger charge is -2.59. The number of benzene rings is 2. The summed E-state index contributed by atoms with van der Waals surface area (Å²) in [6, 6.07) is 23.8. The van der Waals surface area contributed by atoms with Crippen LogP contribution in [0.5, 0.6) is 0 Å². The third-order valence-electron chi connectivity index (χ3n) is 9.88. The Kier molecular flexibility index (Phi) is 9.28. The van der Waals surface area contributed by atoms with Gasteiger partial charge in [-0.3, -0.25) is 0 Å². The summed E-state index contributed by atoms with van der Waals surface area (Å²) in [6.07, 6.45) is 10.7. The first kappa shape index (κ1) is 28.2. The van der Waals surface area contributed by atoms with E-state index in [-0.39, 0.29) is 15.7 Å². The molecular formula is C32H48O3Si3. The highest BCUT2D eigenvalue weighted by Crippen LogP contribution is 2.49. The SMILES string of the molecule is C=C[SiH](CC1([SiH](c2ccccc2)c2ccccc2)CCCCO1)C1(C2([SiH](C)C)CCCCO2)CCCCO1. The van der Waals surface area contributed by atoms with Crippen LogP contribution in [0.3, 0.4) is 0 Å². The van der Waals surface area contributed by atoms with Crippen LogP contribution in [0.2, 0.25) is 19.1 Å². The maximum atomic E-state index is 7.16. The number of ether oxygens (including phenoxy) is 3. The Morgan fingerprint density at radius 1 is 0.684 bits per heavy atom. The molecule has 38 heavy (non-hydrogen) atoms. The molecule has 0 N–H and O–H groups in total. The quantitative estimate of drug-likeness (QED) is 0.406. The molecular weight excluding hydrogens is 517 g/mol. The molecule has 6 heteroatoms. The molecule has 0 aliphatic carbocycles. The zero-order chi connectivity index (χ0) is 26.5. The molecule has 2 aromatic rings. The third-order valence-corrected chi connectivity index (χ3v) is 21.2. The molecule has 206 valence electrons. The lowest BCUT2D eigenvalue weighted by atomic mass is 9.96. The van der Waals surface area contributed by atoms with Crippen LogP contribution in [0.1, 0.15) is 57.8 Å². The standard InChI is InChI=1S/C32H48O3Si3/c1-4-37(32(23-13-16-26-35-32)31(36(2)3)22-12-15-25-34-31)27-30(21-11-14-24-33-30)38(28-17-7-5-8-18-28)29-19-9-6-10-20-29/h4-10,17-20,36-38H,1,11-16,21-27H2,2-3H3. The molecule has 4 unspecified atom stereocenters. The van der Waals surface area contributed by atoms with Crippen LogP contribution >= 0.6 is 0 Å². The van der Waals surface area contributed by atoms with Crippen molar-refractivity contribution in [3.05, 3.63) is 72.9 Å². The van der Waals surface area contributed by atoms with Gasteiger partial charge in [-0.2, -0.15) is 0 Å². The number of hydrogen-bond acceptors (Lipinski definition) is 3. The zero-order valence-corrected chi connectivity index (χ0v) is 27.2. The summed E-state index contributed by atoms with van der Waals surface area (Å²) in [7, 11) is -4.65. The highest BCUT2D eigenvalue weighted by Gasteiger charge is 2.61. The first-order chi connectivity index (χ1) is 18.6. The highest BCUT2D eigenvalue weighted by atomic mass is 28.3. The molecule has 3 aliphatic rings. The Labute approximate surface area is 235 Å². The first-order valence-corrected chi connectivity index (χ1v) is 21.9. The average Bonchev–Trinajstić information content (AvgIpc) is 2.98. The molecule has 0 aromatic heterocycles. The first-order valence-electron chi connectivity index (χ1n) is 15.2. The molecule has 3 aliphatic heterocycles. The minimum absolute atomic E-state index is 0.0802. The van der Waals surface area contributed by atoms with E-state index in [2.05, 4.69) is 86.0 Å². The van der Waals surface area contributed by atoms with Crippen molar-refractivity contribution in [2.24, 2.45) is 0 Å². The van der Waals surface area contributed by atoms with E-state index in [1.807, 2.05) is 0 Å². The molecule has 2 aromatic carbocycles. The van der Waals surface area contributed by atoms with Crippen molar-refractivity contribution in [2.75, 3.05) is 19.8 Å². The predicted molar refractivity (Wildman–Crippen MR) is 168 cm³/mol. The van der Waals surface area contributed by atoms with Crippen LogP contribution in [-0.2, 0) is 14.2 Å². The maximum absolute atomic E-state index is 7.16. The van der Waals surface area contributed by atoms with Crippen molar-refractivity contribution in [3.8, 4) is 0 Å². The molecule has 4 atom stereocenters. The molecule has 0 saturated carbocycles. The molecule has 5 rings (SSSR count). The molecule has 0 amide bonds. The van der Waals surface area contributed by atoms with E-state index >= 15 is 0 Å². The largest absolute Gasteiger partial charge is 0.378 e. The van der Waals surface area contributed by atoms with Crippen molar-refractivity contribution >= 4 is 36.8 Å². The fraction of sp³-hybridized carbons (Fsp3) is 0.562. The van der Waals surface area contributed by atoms with Crippen LogP contribution in [0.4, 0.5) is 0 Å². The Hall–Kier alpha value is -1.29. The van der Waals surface area contributed by atoms with Crippen molar-refractivity contribution < 1.29 is 14.2 Å². The van der Waals surface area contributed by atoms with E-state index in [9.17, 15) is 0 Å². The van der Waals surface area contributed by atoms with Gasteiger partial charge in [0.25, 0.3) is 0 Å². The second-order valence-electron chi connectivity index (χ2n) is 12.2. The van der Waals surface area contributed by atoms with Gasteiger partial charge in [0.05, 0.1) is 24.5 Å². The summed E-state index contributed by atoms with van der Waals surface area (Å²) in [5.74, 6) is 0. The van der Waals surface area contributed by atoms with Gasteiger partial charge in [-0.15, -0.1) is 12.3 Å². The van der Waals surface area contributed by atoms with Crippen molar-refractivity contribution in [3.63, 3.8) is 0 Å². The van der Waals surface area contributed by atoms with Crippen LogP contribution in [0.15, 0.2) is 72.9 Å². The normalized spacial score (nSPS) is 31.3. The Bertz CT molecular complexity index is 971. The van der Waals surface area contributed by atoms with Gasteiger partial charge in [-0.1, -0.05) is 84.1 Å². The van der Waals surface area contributed by atoms with Crippen LogP contribution < -0.4 is 10.4 Å². The second-order valence-corrected chi connectivity index (χ2v) is 21.7. The van der Waals surface area contributed by atoms with E-state index in [0.29, 0.717) is 0 Å². The lowest BCUT2D eigenvalue weighted by Crippen LogP contribution is -2.74. The number of rotatable bonds is 9. The molecule has 0 bridgehead atoms. The van der Waals surface area contributed by atoms with Gasteiger partial charge in [-0.25, -0.2) is 0 Å². The summed E-state index contributed by atoms with van der Waals surface area (Å²) in [4.78, 5) is 0. The molecule has 3 heterocycles. The lowest BCUT2D eigenvalue weighted by molar-refractivity contribution is -0.165. The van der Waals surface area contributed by atoms with Crippen molar-refractivity contribution in [1.82, 2.24) is 0 Å². The Morgan fingerprint density at radius 2 is 1.18 bits per heavy atom. The van der Waals surface area contributed by atoms with Gasteiger partial charge in [0.15, 0.2) is 0 Å². The summed E-state index contributed by atoms with van der Waals surface area (Å²) < 4.78 is 21.3. The summed E-state index contributed by atoms with van der Waals surface area (Å²) in [6.45, 7) is 12.2. The fourth-order valence-corrected chi connectivity index (χ4v) is 21.2. The molecule has 3 fully saturated rings. The van der Waals surface area contributed by atoms with Gasteiger partial charge in [-0.05, 0) is 63.8 Å². The maximum Gasteiger partial charge on any atom is 0.138 e. The summed E-state index contributed by atoms with van der Waals surface area (Å²) in [5, 5.41) is 2.64. The highest BCUT2D eigenvalue weighted by molar-refractivity contribution is 6.89. The van der Waals surface area contributed by atoms with E-state index in [1.165, 1.54) is 55.3 Å². The van der Waals surface area contributed by atoms with Gasteiger partial charge < -0.3 is 14.2 Å². The minimum atomic E-state index is -1.73. The second kappa shape index (κ2) is 12.5. The van der Waals surface area contributed by atoms with Crippen LogP contribution in [0, 0.1) is 0 Å². The van der Waals surface area contributed by atoms with Gasteiger partial charge in [0.1, 0.15) is 17.6 Å². The van der Waals surface area contributed by atoms with Crippen molar-refractivity contribution in [2.45, 2.75) is 92.6 Å². The van der Waals surface area contributed by atoms with Gasteiger partial charge in [0, 0.05) is 19.8 Å². The fourth-order valence-electron chi connectivity index (χ4n) is 8.13. The Morgan fingerprint density at radius 3 is 1.61 bits per heavy atom. The third kappa shape index (κ3) is 5.25. The minimum Gasteiger partial charge on any atom is -0.378 e.